The predicted molar refractivity (Wildman–Crippen MR) is 97.5 cm³/mol. The monoisotopic (exact) mass is 333 g/mol. The van der Waals surface area contributed by atoms with Crippen molar-refractivity contribution < 1.29 is 9.53 Å². The topological polar surface area (TPSA) is 44.8 Å². The number of carbonyl (C=O) groups is 1. The molecule has 1 aromatic carbocycles. The molecule has 0 saturated carbocycles. The second-order valence-corrected chi connectivity index (χ2v) is 6.51. The average molecular weight is 333 g/mol. The summed E-state index contributed by atoms with van der Waals surface area (Å²) in [7, 11) is 2.16. The molecule has 0 aromatic heterocycles. The largest absolute Gasteiger partial charge is 0.481 e. The minimum Gasteiger partial charge on any atom is -0.481 e. The molecule has 1 atom stereocenters. The number of nitrogens with zero attached hydrogens (tertiary/aromatic N) is 2. The Bertz CT molecular complexity index is 513. The Labute approximate surface area is 146 Å². The van der Waals surface area contributed by atoms with Crippen LogP contribution in [-0.2, 0) is 11.2 Å². The summed E-state index contributed by atoms with van der Waals surface area (Å²) in [4.78, 5) is 17.0. The van der Waals surface area contributed by atoms with Crippen molar-refractivity contribution in [3.63, 3.8) is 0 Å². The second-order valence-electron chi connectivity index (χ2n) is 6.51. The van der Waals surface area contributed by atoms with Crippen LogP contribution in [0.2, 0.25) is 0 Å². The molecule has 0 bridgehead atoms. The van der Waals surface area contributed by atoms with Gasteiger partial charge in [0.15, 0.2) is 6.10 Å². The van der Waals surface area contributed by atoms with Crippen molar-refractivity contribution in [3.05, 3.63) is 29.8 Å². The third-order valence-corrected chi connectivity index (χ3v) is 4.57. The number of nitrogens with one attached hydrogen (secondary N) is 1. The van der Waals surface area contributed by atoms with Crippen molar-refractivity contribution in [2.24, 2.45) is 0 Å². The van der Waals surface area contributed by atoms with Crippen molar-refractivity contribution in [3.8, 4) is 5.75 Å². The quantitative estimate of drug-likeness (QED) is 0.737. The minimum absolute atomic E-state index is 0.0423. The third kappa shape index (κ3) is 5.80. The van der Waals surface area contributed by atoms with E-state index in [9.17, 15) is 4.79 Å². The molecule has 1 aliphatic heterocycles. The molecular formula is C19H31N3O2. The maximum Gasteiger partial charge on any atom is 0.260 e. The number of rotatable bonds is 8. The molecule has 1 saturated heterocycles. The van der Waals surface area contributed by atoms with Crippen molar-refractivity contribution in [1.29, 1.82) is 0 Å². The Morgan fingerprint density at radius 1 is 1.25 bits per heavy atom. The lowest BCUT2D eigenvalue weighted by molar-refractivity contribution is -0.127. The summed E-state index contributed by atoms with van der Waals surface area (Å²) < 4.78 is 5.83. The van der Waals surface area contributed by atoms with E-state index in [0.29, 0.717) is 6.54 Å². The number of carbonyl (C=O) groups excluding carboxylic acids is 1. The van der Waals surface area contributed by atoms with Crippen LogP contribution in [0.3, 0.4) is 0 Å². The zero-order valence-electron chi connectivity index (χ0n) is 15.3. The van der Waals surface area contributed by atoms with Crippen molar-refractivity contribution in [2.75, 3.05) is 46.3 Å². The number of hydrogen-bond acceptors (Lipinski definition) is 4. The molecule has 0 spiro atoms. The molecule has 1 aromatic rings. The number of likely N-dealkylation sites (N-methyl/N-ethyl adjacent to an activating group) is 1. The Balaban J connectivity index is 1.66. The predicted octanol–water partition coefficient (Wildman–Crippen LogP) is 1.77. The highest BCUT2D eigenvalue weighted by atomic mass is 16.5. The van der Waals surface area contributed by atoms with E-state index in [2.05, 4.69) is 29.1 Å². The first-order valence-corrected chi connectivity index (χ1v) is 9.03. The Kier molecular flexibility index (Phi) is 7.53. The van der Waals surface area contributed by atoms with Gasteiger partial charge in [-0.05, 0) is 45.0 Å². The zero-order chi connectivity index (χ0) is 17.4. The Hall–Kier alpha value is -1.59. The van der Waals surface area contributed by atoms with E-state index in [4.69, 9.17) is 4.74 Å². The Morgan fingerprint density at radius 3 is 2.67 bits per heavy atom. The van der Waals surface area contributed by atoms with Crippen LogP contribution in [0.5, 0.6) is 5.75 Å². The molecule has 1 aliphatic rings. The summed E-state index contributed by atoms with van der Waals surface area (Å²) in [6.45, 7) is 10.2. The number of aryl methyl sites for hydroxylation is 1. The fourth-order valence-corrected chi connectivity index (χ4v) is 2.88. The third-order valence-electron chi connectivity index (χ3n) is 4.57. The molecule has 1 amide bonds. The van der Waals surface area contributed by atoms with E-state index in [1.165, 1.54) is 0 Å². The zero-order valence-corrected chi connectivity index (χ0v) is 15.3. The lowest BCUT2D eigenvalue weighted by atomic mass is 10.1. The molecule has 0 aliphatic carbocycles. The number of amides is 1. The molecule has 1 unspecified atom stereocenters. The maximum absolute atomic E-state index is 12.2. The van der Waals surface area contributed by atoms with Gasteiger partial charge in [0.05, 0.1) is 0 Å². The van der Waals surface area contributed by atoms with Crippen LogP contribution in [0, 0.1) is 0 Å². The number of para-hydroxylation sites is 1. The average Bonchev–Trinajstić information content (AvgIpc) is 2.60. The first-order valence-electron chi connectivity index (χ1n) is 9.03. The lowest BCUT2D eigenvalue weighted by Gasteiger charge is -2.32. The van der Waals surface area contributed by atoms with Crippen LogP contribution in [0.4, 0.5) is 0 Å². The molecule has 0 radical (unpaired) electrons. The molecule has 24 heavy (non-hydrogen) atoms. The lowest BCUT2D eigenvalue weighted by Crippen LogP contribution is -2.45. The molecule has 5 nitrogen and oxygen atoms in total. The summed E-state index contributed by atoms with van der Waals surface area (Å²) in [5, 5.41) is 2.99. The molecule has 1 fully saturated rings. The van der Waals surface area contributed by atoms with Crippen LogP contribution in [0.15, 0.2) is 24.3 Å². The van der Waals surface area contributed by atoms with Gasteiger partial charge in [-0.2, -0.15) is 0 Å². The van der Waals surface area contributed by atoms with E-state index in [1.54, 1.807) is 0 Å². The van der Waals surface area contributed by atoms with Gasteiger partial charge in [-0.1, -0.05) is 25.1 Å². The summed E-state index contributed by atoms with van der Waals surface area (Å²) >= 11 is 0. The van der Waals surface area contributed by atoms with Gasteiger partial charge >= 0.3 is 0 Å². The van der Waals surface area contributed by atoms with E-state index in [1.807, 2.05) is 31.2 Å². The fraction of sp³-hybridized carbons (Fsp3) is 0.632. The number of piperazine rings is 1. The van der Waals surface area contributed by atoms with Gasteiger partial charge in [0.1, 0.15) is 5.75 Å². The highest BCUT2D eigenvalue weighted by Crippen LogP contribution is 2.19. The van der Waals surface area contributed by atoms with E-state index in [-0.39, 0.29) is 5.91 Å². The van der Waals surface area contributed by atoms with Gasteiger partial charge < -0.3 is 19.9 Å². The van der Waals surface area contributed by atoms with Crippen LogP contribution in [0.1, 0.15) is 25.8 Å². The number of ether oxygens (including phenoxy) is 1. The van der Waals surface area contributed by atoms with Gasteiger partial charge in [0.25, 0.3) is 5.91 Å². The van der Waals surface area contributed by atoms with E-state index >= 15 is 0 Å². The molecule has 134 valence electrons. The highest BCUT2D eigenvalue weighted by Gasteiger charge is 2.16. The van der Waals surface area contributed by atoms with Gasteiger partial charge in [-0.3, -0.25) is 4.79 Å². The van der Waals surface area contributed by atoms with Gasteiger partial charge in [0, 0.05) is 32.7 Å². The van der Waals surface area contributed by atoms with E-state index in [0.717, 1.165) is 56.9 Å². The first-order chi connectivity index (χ1) is 11.6. The van der Waals surface area contributed by atoms with Crippen molar-refractivity contribution in [1.82, 2.24) is 15.1 Å². The minimum atomic E-state index is -0.471. The second kappa shape index (κ2) is 9.64. The summed E-state index contributed by atoms with van der Waals surface area (Å²) in [5.74, 6) is 0.763. The summed E-state index contributed by atoms with van der Waals surface area (Å²) in [6, 6.07) is 7.90. The Morgan fingerprint density at radius 2 is 1.96 bits per heavy atom. The van der Waals surface area contributed by atoms with Gasteiger partial charge in [-0.15, -0.1) is 0 Å². The standard InChI is InChI=1S/C19H31N3O2/c1-4-17-8-5-6-9-18(17)24-16(2)19(23)20-10-7-11-22-14-12-21(3)13-15-22/h5-6,8-9,16H,4,7,10-15H2,1-3H3,(H,20,23). The van der Waals surface area contributed by atoms with Crippen molar-refractivity contribution >= 4 is 5.91 Å². The van der Waals surface area contributed by atoms with Crippen LogP contribution >= 0.6 is 0 Å². The summed E-state index contributed by atoms with van der Waals surface area (Å²) in [6.07, 6.45) is 1.41. The highest BCUT2D eigenvalue weighted by molar-refractivity contribution is 5.80. The smallest absolute Gasteiger partial charge is 0.260 e. The van der Waals surface area contributed by atoms with E-state index < -0.39 is 6.10 Å². The maximum atomic E-state index is 12.2. The van der Waals surface area contributed by atoms with Crippen LogP contribution in [0.25, 0.3) is 0 Å². The molecule has 1 N–H and O–H groups in total. The van der Waals surface area contributed by atoms with Crippen LogP contribution in [-0.4, -0.2) is 68.1 Å². The number of hydrogen-bond donors (Lipinski definition) is 1. The number of benzene rings is 1. The normalized spacial score (nSPS) is 17.5. The fourth-order valence-electron chi connectivity index (χ4n) is 2.88. The van der Waals surface area contributed by atoms with Crippen LogP contribution < -0.4 is 10.1 Å². The SMILES string of the molecule is CCc1ccccc1OC(C)C(=O)NCCCN1CCN(C)CC1. The molecule has 1 heterocycles. The first kappa shape index (κ1) is 18.7. The molecule has 5 heteroatoms. The van der Waals surface area contributed by atoms with Crippen molar-refractivity contribution in [2.45, 2.75) is 32.8 Å². The molecular weight excluding hydrogens is 302 g/mol. The van der Waals surface area contributed by atoms with Gasteiger partial charge in [-0.25, -0.2) is 0 Å². The van der Waals surface area contributed by atoms with Gasteiger partial charge in [0.2, 0.25) is 0 Å². The summed E-state index contributed by atoms with van der Waals surface area (Å²) in [5.41, 5.74) is 1.13. The molecule has 2 rings (SSSR count).